The second kappa shape index (κ2) is 10.7. The van der Waals surface area contributed by atoms with Gasteiger partial charge < -0.3 is 15.4 Å². The highest BCUT2D eigenvalue weighted by Crippen LogP contribution is 2.38. The highest BCUT2D eigenvalue weighted by Gasteiger charge is 2.29. The van der Waals surface area contributed by atoms with Crippen LogP contribution in [0.2, 0.25) is 5.02 Å². The summed E-state index contributed by atoms with van der Waals surface area (Å²) in [5, 5.41) is 5.61. The summed E-state index contributed by atoms with van der Waals surface area (Å²) in [6, 6.07) is 0. The molecule has 2 N–H and O–H groups in total. The van der Waals surface area contributed by atoms with Crippen LogP contribution >= 0.6 is 22.9 Å². The first-order valence-corrected chi connectivity index (χ1v) is 14.3. The summed E-state index contributed by atoms with van der Waals surface area (Å²) in [6.07, 6.45) is 6.98. The number of fused-ring (bicyclic) bond motifs is 1. The number of anilines is 1. The molecule has 1 fully saturated rings. The van der Waals surface area contributed by atoms with Gasteiger partial charge in [-0.3, -0.25) is 9.59 Å². The molecule has 0 bridgehead atoms. The molecule has 0 radical (unpaired) electrons. The van der Waals surface area contributed by atoms with Gasteiger partial charge in [-0.05, 0) is 50.5 Å². The molecular weight excluding hydrogens is 500 g/mol. The van der Waals surface area contributed by atoms with Gasteiger partial charge in [-0.25, -0.2) is 18.4 Å². The third-order valence-corrected chi connectivity index (χ3v) is 9.01. The summed E-state index contributed by atoms with van der Waals surface area (Å²) < 4.78 is 30.3. The van der Waals surface area contributed by atoms with E-state index in [2.05, 4.69) is 20.6 Å². The van der Waals surface area contributed by atoms with Crippen LogP contribution in [0, 0.1) is 0 Å². The van der Waals surface area contributed by atoms with Gasteiger partial charge in [0.15, 0.2) is 5.69 Å². The molecule has 1 saturated heterocycles. The van der Waals surface area contributed by atoms with E-state index in [0.717, 1.165) is 55.2 Å². The predicted molar refractivity (Wildman–Crippen MR) is 130 cm³/mol. The smallest absolute Gasteiger partial charge is 0.276 e. The van der Waals surface area contributed by atoms with Gasteiger partial charge in [-0.1, -0.05) is 18.5 Å². The van der Waals surface area contributed by atoms with Gasteiger partial charge in [0.1, 0.15) is 5.00 Å². The Hall–Kier alpha value is -2.08. The largest absolute Gasteiger partial charge is 0.376 e. The van der Waals surface area contributed by atoms with Crippen LogP contribution in [0.15, 0.2) is 11.4 Å². The molecule has 0 spiro atoms. The molecule has 0 saturated carbocycles. The first-order valence-electron chi connectivity index (χ1n) is 11.4. The van der Waals surface area contributed by atoms with Crippen molar-refractivity contribution in [1.82, 2.24) is 15.3 Å². The maximum atomic E-state index is 13.2. The van der Waals surface area contributed by atoms with Gasteiger partial charge >= 0.3 is 0 Å². The summed E-state index contributed by atoms with van der Waals surface area (Å²) in [5.41, 5.74) is 1.16. The standard InChI is InChI=1S/C22H27ClN4O5S2/c1-2-10-34(30,31)22-25-12-15(23)18(26-22)20(29)27-21-17(14-7-3-4-8-16(14)33-21)19(28)24-11-13-6-5-9-32-13/h12-13H,2-11H2,1H3,(H,24,28)(H,27,29). The van der Waals surface area contributed by atoms with Crippen molar-refractivity contribution in [2.24, 2.45) is 0 Å². The van der Waals surface area contributed by atoms with Crippen LogP contribution in [0.4, 0.5) is 5.00 Å². The number of amides is 2. The van der Waals surface area contributed by atoms with Crippen molar-refractivity contribution in [3.8, 4) is 0 Å². The van der Waals surface area contributed by atoms with Gasteiger partial charge in [0.2, 0.25) is 15.0 Å². The Balaban J connectivity index is 1.60. The molecule has 34 heavy (non-hydrogen) atoms. The predicted octanol–water partition coefficient (Wildman–Crippen LogP) is 3.42. The summed E-state index contributed by atoms with van der Waals surface area (Å²) in [7, 11) is -3.73. The van der Waals surface area contributed by atoms with Gasteiger partial charge in [-0.15, -0.1) is 11.3 Å². The van der Waals surface area contributed by atoms with Crippen molar-refractivity contribution < 1.29 is 22.7 Å². The fourth-order valence-electron chi connectivity index (χ4n) is 4.18. The lowest BCUT2D eigenvalue weighted by Gasteiger charge is -2.15. The van der Waals surface area contributed by atoms with E-state index in [1.807, 2.05) is 0 Å². The normalized spacial score (nSPS) is 17.9. The monoisotopic (exact) mass is 526 g/mol. The zero-order valence-electron chi connectivity index (χ0n) is 18.9. The van der Waals surface area contributed by atoms with E-state index in [1.165, 1.54) is 11.3 Å². The number of ether oxygens (including phenoxy) is 1. The molecule has 2 aromatic heterocycles. The lowest BCUT2D eigenvalue weighted by Crippen LogP contribution is -2.32. The highest BCUT2D eigenvalue weighted by atomic mass is 35.5. The number of carbonyl (C=O) groups is 2. The molecule has 1 aliphatic carbocycles. The lowest BCUT2D eigenvalue weighted by molar-refractivity contribution is 0.0858. The number of thiophene rings is 1. The zero-order valence-corrected chi connectivity index (χ0v) is 21.2. The highest BCUT2D eigenvalue weighted by molar-refractivity contribution is 7.91. The molecule has 2 amide bonds. The van der Waals surface area contributed by atoms with Crippen LogP contribution in [0.3, 0.4) is 0 Å². The molecule has 9 nitrogen and oxygen atoms in total. The number of sulfone groups is 1. The molecule has 2 aromatic rings. The van der Waals surface area contributed by atoms with Crippen LogP contribution in [-0.2, 0) is 27.4 Å². The molecule has 12 heteroatoms. The van der Waals surface area contributed by atoms with Crippen LogP contribution in [-0.4, -0.2) is 55.2 Å². The van der Waals surface area contributed by atoms with Crippen molar-refractivity contribution in [3.05, 3.63) is 32.9 Å². The molecule has 1 unspecified atom stereocenters. The number of aryl methyl sites for hydroxylation is 1. The molecule has 1 aliphatic heterocycles. The first-order chi connectivity index (χ1) is 16.3. The number of nitrogens with zero attached hydrogens (tertiary/aromatic N) is 2. The average molecular weight is 527 g/mol. The molecule has 2 aliphatic rings. The minimum atomic E-state index is -3.73. The molecule has 184 valence electrons. The summed E-state index contributed by atoms with van der Waals surface area (Å²) in [4.78, 5) is 35.1. The van der Waals surface area contributed by atoms with Crippen molar-refractivity contribution in [2.75, 3.05) is 24.2 Å². The Bertz CT molecular complexity index is 1190. The minimum Gasteiger partial charge on any atom is -0.376 e. The maximum Gasteiger partial charge on any atom is 0.276 e. The van der Waals surface area contributed by atoms with Gasteiger partial charge in [-0.2, -0.15) is 0 Å². The SMILES string of the molecule is CCCS(=O)(=O)c1ncc(Cl)c(C(=O)Nc2sc3c(c2C(=O)NCC2CCCO2)CCCC3)n1. The van der Waals surface area contributed by atoms with E-state index < -0.39 is 20.9 Å². The van der Waals surface area contributed by atoms with Crippen molar-refractivity contribution in [2.45, 2.75) is 63.1 Å². The Morgan fingerprint density at radius 3 is 2.76 bits per heavy atom. The van der Waals surface area contributed by atoms with Crippen molar-refractivity contribution in [1.29, 1.82) is 0 Å². The Morgan fingerprint density at radius 1 is 1.24 bits per heavy atom. The molecule has 0 aromatic carbocycles. The van der Waals surface area contributed by atoms with Gasteiger partial charge in [0.25, 0.3) is 11.8 Å². The Morgan fingerprint density at radius 2 is 2.03 bits per heavy atom. The van der Waals surface area contributed by atoms with Crippen LogP contribution in [0.25, 0.3) is 0 Å². The number of aromatic nitrogens is 2. The van der Waals surface area contributed by atoms with Gasteiger partial charge in [0.05, 0.1) is 28.6 Å². The van der Waals surface area contributed by atoms with Crippen LogP contribution in [0.5, 0.6) is 0 Å². The minimum absolute atomic E-state index is 0.000214. The fourth-order valence-corrected chi connectivity index (χ4v) is 6.80. The third-order valence-electron chi connectivity index (χ3n) is 5.83. The Kier molecular flexibility index (Phi) is 7.86. The second-order valence-corrected chi connectivity index (χ2v) is 11.9. The summed E-state index contributed by atoms with van der Waals surface area (Å²) >= 11 is 7.51. The van der Waals surface area contributed by atoms with Crippen molar-refractivity contribution >= 4 is 49.6 Å². The number of nitrogens with one attached hydrogen (secondary N) is 2. The summed E-state index contributed by atoms with van der Waals surface area (Å²) in [6.45, 7) is 2.84. The quantitative estimate of drug-likeness (QED) is 0.504. The number of halogens is 1. The fraction of sp³-hybridized carbons (Fsp3) is 0.545. The van der Waals surface area contributed by atoms with Crippen molar-refractivity contribution in [3.63, 3.8) is 0 Å². The first kappa shape index (κ1) is 25.0. The van der Waals surface area contributed by atoms with Crippen LogP contribution in [0.1, 0.15) is 70.3 Å². The van der Waals surface area contributed by atoms with E-state index in [0.29, 0.717) is 30.1 Å². The third kappa shape index (κ3) is 5.42. The van der Waals surface area contributed by atoms with Gasteiger partial charge in [0, 0.05) is 18.0 Å². The van der Waals surface area contributed by atoms with Crippen LogP contribution < -0.4 is 10.6 Å². The molecule has 1 atom stereocenters. The maximum absolute atomic E-state index is 13.2. The number of hydrogen-bond acceptors (Lipinski definition) is 8. The number of hydrogen-bond donors (Lipinski definition) is 2. The second-order valence-electron chi connectivity index (χ2n) is 8.38. The van der Waals surface area contributed by atoms with E-state index in [9.17, 15) is 18.0 Å². The molecule has 4 rings (SSSR count). The number of carbonyl (C=O) groups excluding carboxylic acids is 2. The lowest BCUT2D eigenvalue weighted by atomic mass is 9.95. The van der Waals surface area contributed by atoms with E-state index in [1.54, 1.807) is 6.92 Å². The molecular formula is C22H27ClN4O5S2. The molecule has 3 heterocycles. The summed E-state index contributed by atoms with van der Waals surface area (Å²) in [5.74, 6) is -1.08. The van der Waals surface area contributed by atoms with E-state index in [-0.39, 0.29) is 28.5 Å². The van der Waals surface area contributed by atoms with E-state index in [4.69, 9.17) is 16.3 Å². The number of rotatable bonds is 8. The Labute approximate surface area is 207 Å². The van der Waals surface area contributed by atoms with E-state index >= 15 is 0 Å². The zero-order chi connectivity index (χ0) is 24.3. The topological polar surface area (TPSA) is 127 Å². The average Bonchev–Trinajstić information content (AvgIpc) is 3.45.